The van der Waals surface area contributed by atoms with Crippen molar-refractivity contribution in [1.29, 1.82) is 0 Å². The van der Waals surface area contributed by atoms with Gasteiger partial charge < -0.3 is 10.2 Å². The smallest absolute Gasteiger partial charge is 0.337 e. The van der Waals surface area contributed by atoms with Gasteiger partial charge in [0.05, 0.1) is 27.4 Å². The van der Waals surface area contributed by atoms with Gasteiger partial charge >= 0.3 is 5.97 Å². The van der Waals surface area contributed by atoms with E-state index in [4.69, 9.17) is 5.11 Å². The summed E-state index contributed by atoms with van der Waals surface area (Å²) in [5.74, 6) is -1.11. The van der Waals surface area contributed by atoms with E-state index in [1.807, 2.05) is 0 Å². The van der Waals surface area contributed by atoms with Crippen molar-refractivity contribution in [2.45, 2.75) is 11.8 Å². The highest BCUT2D eigenvalue weighted by Gasteiger charge is 2.20. The molecule has 0 radical (unpaired) electrons. The normalized spacial score (nSPS) is 11.5. The number of hydrogen-bond acceptors (Lipinski definition) is 7. The fourth-order valence-electron chi connectivity index (χ4n) is 2.36. The Morgan fingerprint density at radius 3 is 2.35 bits per heavy atom. The van der Waals surface area contributed by atoms with Crippen LogP contribution < -0.4 is 0 Å². The molecule has 9 nitrogen and oxygen atoms in total. The maximum Gasteiger partial charge on any atom is 0.337 e. The lowest BCUT2D eigenvalue weighted by atomic mass is 10.1. The number of aryl methyl sites for hydroxylation is 1. The molecular formula is C16H14N4O5S. The summed E-state index contributed by atoms with van der Waals surface area (Å²) >= 11 is 0. The average Bonchev–Trinajstić information content (AvgIpc) is 2.89. The number of pyridine rings is 2. The molecule has 2 N–H and O–H groups in total. The predicted molar refractivity (Wildman–Crippen MR) is 91.1 cm³/mol. The first-order valence-electron chi connectivity index (χ1n) is 7.33. The van der Waals surface area contributed by atoms with E-state index in [0.29, 0.717) is 17.0 Å². The molecule has 3 heterocycles. The molecule has 0 saturated carbocycles. The van der Waals surface area contributed by atoms with Gasteiger partial charge in [-0.2, -0.15) is 9.78 Å². The summed E-state index contributed by atoms with van der Waals surface area (Å²) in [6.45, 7) is 1.66. The molecule has 0 bridgehead atoms. The van der Waals surface area contributed by atoms with Gasteiger partial charge in [-0.25, -0.2) is 18.2 Å². The van der Waals surface area contributed by atoms with Crippen molar-refractivity contribution >= 4 is 15.8 Å². The highest BCUT2D eigenvalue weighted by atomic mass is 32.2. The van der Waals surface area contributed by atoms with E-state index in [2.05, 4.69) is 15.1 Å². The maximum atomic E-state index is 11.5. The van der Waals surface area contributed by atoms with E-state index in [1.165, 1.54) is 36.7 Å². The van der Waals surface area contributed by atoms with Crippen LogP contribution >= 0.6 is 0 Å². The molecule has 0 fully saturated rings. The van der Waals surface area contributed by atoms with Gasteiger partial charge in [-0.05, 0) is 31.2 Å². The van der Waals surface area contributed by atoms with Crippen LogP contribution in [0.5, 0.6) is 5.88 Å². The summed E-state index contributed by atoms with van der Waals surface area (Å²) in [5.41, 5.74) is 1.16. The number of aromatic nitrogens is 4. The zero-order valence-electron chi connectivity index (χ0n) is 13.8. The Balaban J connectivity index is 2.04. The zero-order chi connectivity index (χ0) is 19.1. The fourth-order valence-corrected chi connectivity index (χ4v) is 2.92. The summed E-state index contributed by atoms with van der Waals surface area (Å²) in [6.07, 6.45) is 3.44. The highest BCUT2D eigenvalue weighted by molar-refractivity contribution is 7.90. The van der Waals surface area contributed by atoms with Crippen LogP contribution in [0.15, 0.2) is 41.6 Å². The Bertz CT molecular complexity index is 1090. The van der Waals surface area contributed by atoms with E-state index < -0.39 is 15.8 Å². The summed E-state index contributed by atoms with van der Waals surface area (Å²) in [4.78, 5) is 19.0. The second-order valence-corrected chi connectivity index (χ2v) is 7.57. The fraction of sp³-hybridized carbons (Fsp3) is 0.125. The molecule has 0 atom stereocenters. The second-order valence-electron chi connectivity index (χ2n) is 5.56. The monoisotopic (exact) mass is 374 g/mol. The van der Waals surface area contributed by atoms with Gasteiger partial charge in [0, 0.05) is 18.6 Å². The molecule has 26 heavy (non-hydrogen) atoms. The minimum atomic E-state index is -3.38. The Hall–Kier alpha value is -3.27. The zero-order valence-corrected chi connectivity index (χ0v) is 14.6. The Kier molecular flexibility index (Phi) is 4.20. The van der Waals surface area contributed by atoms with Crippen LogP contribution in [0.25, 0.3) is 17.1 Å². The molecule has 0 aliphatic heterocycles. The van der Waals surface area contributed by atoms with Crippen LogP contribution in [0.1, 0.15) is 16.1 Å². The molecule has 0 saturated heterocycles. The maximum absolute atomic E-state index is 11.5. The molecule has 0 aliphatic rings. The number of carboxylic acid groups (broad SMARTS) is 1. The van der Waals surface area contributed by atoms with Crippen LogP contribution in [0.2, 0.25) is 0 Å². The van der Waals surface area contributed by atoms with Gasteiger partial charge in [-0.1, -0.05) is 0 Å². The van der Waals surface area contributed by atoms with Gasteiger partial charge in [0.25, 0.3) is 0 Å². The number of sulfone groups is 1. The topological polar surface area (TPSA) is 135 Å². The van der Waals surface area contributed by atoms with Crippen molar-refractivity contribution in [3.05, 3.63) is 47.9 Å². The largest absolute Gasteiger partial charge is 0.493 e. The van der Waals surface area contributed by atoms with Gasteiger partial charge in [0.1, 0.15) is 0 Å². The third kappa shape index (κ3) is 3.14. The van der Waals surface area contributed by atoms with Crippen LogP contribution in [-0.2, 0) is 9.84 Å². The lowest BCUT2D eigenvalue weighted by molar-refractivity contribution is 0.0696. The summed E-state index contributed by atoms with van der Waals surface area (Å²) in [5, 5.41) is 23.6. The quantitative estimate of drug-likeness (QED) is 0.700. The summed E-state index contributed by atoms with van der Waals surface area (Å²) in [6, 6.07) is 5.64. The molecule has 0 unspecified atom stereocenters. The predicted octanol–water partition coefficient (Wildman–Crippen LogP) is 1.45. The SMILES string of the molecule is Cc1nn(-c2ccc(S(C)(=O)=O)cn2)c(O)c1-c1ccc(C(=O)O)cn1. The van der Waals surface area contributed by atoms with Crippen molar-refractivity contribution in [3.63, 3.8) is 0 Å². The Morgan fingerprint density at radius 2 is 1.85 bits per heavy atom. The first-order valence-corrected chi connectivity index (χ1v) is 9.22. The molecule has 3 rings (SSSR count). The van der Waals surface area contributed by atoms with Gasteiger partial charge in [-0.15, -0.1) is 0 Å². The Labute approximate surface area is 148 Å². The summed E-state index contributed by atoms with van der Waals surface area (Å²) < 4.78 is 24.2. The first-order chi connectivity index (χ1) is 12.2. The molecular weight excluding hydrogens is 360 g/mol. The van der Waals surface area contributed by atoms with Crippen LogP contribution in [0.3, 0.4) is 0 Å². The molecule has 0 spiro atoms. The number of aromatic hydroxyl groups is 1. The molecule has 10 heteroatoms. The molecule has 0 aliphatic carbocycles. The van der Waals surface area contributed by atoms with E-state index in [9.17, 15) is 18.3 Å². The van der Waals surface area contributed by atoms with Crippen LogP contribution in [-0.4, -0.2) is 50.6 Å². The third-order valence-corrected chi connectivity index (χ3v) is 4.77. The number of carbonyl (C=O) groups is 1. The van der Waals surface area contributed by atoms with E-state index in [0.717, 1.165) is 10.9 Å². The third-order valence-electron chi connectivity index (χ3n) is 3.67. The number of carboxylic acids is 1. The minimum absolute atomic E-state index is 0.0244. The lowest BCUT2D eigenvalue weighted by Gasteiger charge is -2.04. The summed E-state index contributed by atoms with van der Waals surface area (Å²) in [7, 11) is -3.38. The second kappa shape index (κ2) is 6.23. The van der Waals surface area contributed by atoms with Crippen molar-refractivity contribution in [1.82, 2.24) is 19.7 Å². The van der Waals surface area contributed by atoms with Crippen LogP contribution in [0.4, 0.5) is 0 Å². The van der Waals surface area contributed by atoms with Crippen molar-refractivity contribution < 1.29 is 23.4 Å². The van der Waals surface area contributed by atoms with Crippen molar-refractivity contribution in [2.24, 2.45) is 0 Å². The van der Waals surface area contributed by atoms with Crippen molar-refractivity contribution in [2.75, 3.05) is 6.26 Å². The molecule has 0 aromatic carbocycles. The van der Waals surface area contributed by atoms with Crippen molar-refractivity contribution in [3.8, 4) is 23.0 Å². The van der Waals surface area contributed by atoms with E-state index in [1.54, 1.807) is 6.92 Å². The standard InChI is InChI=1S/C16H14N4O5S/c1-9-14(12-5-3-10(7-17-12)16(22)23)15(21)20(19-9)13-6-4-11(8-18-13)26(2,24)25/h3-8,21H,1-2H3,(H,22,23). The molecule has 3 aromatic heterocycles. The molecule has 134 valence electrons. The van der Waals surface area contributed by atoms with Gasteiger partial charge in [0.15, 0.2) is 15.7 Å². The minimum Gasteiger partial charge on any atom is -0.493 e. The highest BCUT2D eigenvalue weighted by Crippen LogP contribution is 2.32. The number of hydrogen-bond donors (Lipinski definition) is 2. The van der Waals surface area contributed by atoms with E-state index >= 15 is 0 Å². The van der Waals surface area contributed by atoms with Crippen LogP contribution in [0, 0.1) is 6.92 Å². The van der Waals surface area contributed by atoms with Gasteiger partial charge in [-0.3, -0.25) is 4.98 Å². The number of rotatable bonds is 4. The van der Waals surface area contributed by atoms with E-state index in [-0.39, 0.29) is 22.2 Å². The van der Waals surface area contributed by atoms with Gasteiger partial charge in [0.2, 0.25) is 5.88 Å². The first kappa shape index (κ1) is 17.5. The number of nitrogens with zero attached hydrogens (tertiary/aromatic N) is 4. The lowest BCUT2D eigenvalue weighted by Crippen LogP contribution is -2.02. The molecule has 3 aromatic rings. The Morgan fingerprint density at radius 1 is 1.12 bits per heavy atom. The number of aromatic carboxylic acids is 1. The molecule has 0 amide bonds. The average molecular weight is 374 g/mol.